The fraction of sp³-hybridized carbons (Fsp3) is 0.357. The molecule has 7 heteroatoms. The first-order valence-corrected chi connectivity index (χ1v) is 9.05. The van der Waals surface area contributed by atoms with E-state index in [0.29, 0.717) is 19.0 Å². The van der Waals surface area contributed by atoms with E-state index in [1.165, 1.54) is 5.56 Å². The second-order valence-corrected chi connectivity index (χ2v) is 7.89. The van der Waals surface area contributed by atoms with Crippen molar-refractivity contribution in [2.24, 2.45) is 4.99 Å². The molecule has 21 heavy (non-hydrogen) atoms. The van der Waals surface area contributed by atoms with Crippen molar-refractivity contribution in [3.05, 3.63) is 43.2 Å². The van der Waals surface area contributed by atoms with Crippen LogP contribution in [0.5, 0.6) is 0 Å². The predicted molar refractivity (Wildman–Crippen MR) is 94.1 cm³/mol. The Balaban J connectivity index is 1.85. The third kappa shape index (κ3) is 4.81. The van der Waals surface area contributed by atoms with E-state index in [1.54, 1.807) is 36.6 Å². The summed E-state index contributed by atoms with van der Waals surface area (Å²) < 4.78 is 1.11. The maximum absolute atomic E-state index is 10.5. The lowest BCUT2D eigenvalue weighted by Gasteiger charge is -2.24. The van der Waals surface area contributed by atoms with Crippen LogP contribution in [0.25, 0.3) is 0 Å². The van der Waals surface area contributed by atoms with Gasteiger partial charge in [0, 0.05) is 13.6 Å². The summed E-state index contributed by atoms with van der Waals surface area (Å²) in [6.45, 7) is 2.89. The highest BCUT2D eigenvalue weighted by Gasteiger charge is 2.23. The lowest BCUT2D eigenvalue weighted by Crippen LogP contribution is -2.44. The minimum Gasteiger partial charge on any atom is -0.384 e. The van der Waals surface area contributed by atoms with Gasteiger partial charge in [0.15, 0.2) is 5.96 Å². The number of hydrogen-bond acceptors (Lipinski definition) is 4. The van der Waals surface area contributed by atoms with Crippen LogP contribution in [0.3, 0.4) is 0 Å². The van der Waals surface area contributed by atoms with Crippen molar-refractivity contribution in [2.75, 3.05) is 13.6 Å². The van der Waals surface area contributed by atoms with Gasteiger partial charge in [-0.05, 0) is 62.3 Å². The van der Waals surface area contributed by atoms with Crippen molar-refractivity contribution in [3.63, 3.8) is 0 Å². The third-order valence-electron chi connectivity index (χ3n) is 3.05. The number of rotatable bonds is 5. The predicted octanol–water partition coefficient (Wildman–Crippen LogP) is 3.14. The van der Waals surface area contributed by atoms with E-state index >= 15 is 0 Å². The molecule has 2 aromatic rings. The van der Waals surface area contributed by atoms with Crippen LogP contribution in [0, 0.1) is 0 Å². The zero-order valence-electron chi connectivity index (χ0n) is 11.9. The summed E-state index contributed by atoms with van der Waals surface area (Å²) in [6.07, 6.45) is 0. The zero-order chi connectivity index (χ0) is 15.3. The average Bonchev–Trinajstić information content (AvgIpc) is 3.10. The highest BCUT2D eigenvalue weighted by Crippen LogP contribution is 2.22. The Labute approximate surface area is 141 Å². The quantitative estimate of drug-likeness (QED) is 0.545. The smallest absolute Gasteiger partial charge is 0.191 e. The van der Waals surface area contributed by atoms with Crippen molar-refractivity contribution >= 4 is 44.6 Å². The van der Waals surface area contributed by atoms with Crippen molar-refractivity contribution in [1.29, 1.82) is 0 Å². The van der Waals surface area contributed by atoms with Gasteiger partial charge in [-0.2, -0.15) is 11.3 Å². The van der Waals surface area contributed by atoms with Gasteiger partial charge in [-0.25, -0.2) is 0 Å². The first-order chi connectivity index (χ1) is 10.0. The lowest BCUT2D eigenvalue weighted by molar-refractivity contribution is 0.0621. The Morgan fingerprint density at radius 2 is 2.24 bits per heavy atom. The largest absolute Gasteiger partial charge is 0.384 e. The minimum atomic E-state index is -0.914. The highest BCUT2D eigenvalue weighted by atomic mass is 79.9. The SMILES string of the molecule is CN=C(NCc1csc(Br)c1)NCC(C)(O)c1ccsc1. The van der Waals surface area contributed by atoms with Crippen molar-refractivity contribution < 1.29 is 5.11 Å². The molecule has 0 bridgehead atoms. The molecule has 0 radical (unpaired) electrons. The molecule has 2 aromatic heterocycles. The molecule has 2 rings (SSSR count). The number of thiophene rings is 2. The van der Waals surface area contributed by atoms with Crippen LogP contribution in [0.15, 0.2) is 37.1 Å². The van der Waals surface area contributed by atoms with E-state index < -0.39 is 5.60 Å². The van der Waals surface area contributed by atoms with Gasteiger partial charge in [0.25, 0.3) is 0 Å². The molecule has 4 nitrogen and oxygen atoms in total. The van der Waals surface area contributed by atoms with Gasteiger partial charge in [-0.3, -0.25) is 4.99 Å². The van der Waals surface area contributed by atoms with E-state index in [4.69, 9.17) is 0 Å². The average molecular weight is 388 g/mol. The van der Waals surface area contributed by atoms with Crippen molar-refractivity contribution in [2.45, 2.75) is 19.1 Å². The summed E-state index contributed by atoms with van der Waals surface area (Å²) in [7, 11) is 1.72. The summed E-state index contributed by atoms with van der Waals surface area (Å²) in [5, 5.41) is 22.9. The first-order valence-electron chi connectivity index (χ1n) is 6.44. The van der Waals surface area contributed by atoms with Crippen LogP contribution < -0.4 is 10.6 Å². The maximum atomic E-state index is 10.5. The molecule has 0 amide bonds. The summed E-state index contributed by atoms with van der Waals surface area (Å²) in [4.78, 5) is 4.17. The Kier molecular flexibility index (Phi) is 5.80. The number of halogens is 1. The van der Waals surface area contributed by atoms with Gasteiger partial charge in [-0.15, -0.1) is 11.3 Å². The zero-order valence-corrected chi connectivity index (χ0v) is 15.1. The monoisotopic (exact) mass is 387 g/mol. The van der Waals surface area contributed by atoms with Gasteiger partial charge < -0.3 is 15.7 Å². The van der Waals surface area contributed by atoms with E-state index in [1.807, 2.05) is 16.8 Å². The van der Waals surface area contributed by atoms with Crippen LogP contribution >= 0.6 is 38.6 Å². The van der Waals surface area contributed by atoms with E-state index in [9.17, 15) is 5.11 Å². The number of aliphatic hydroxyl groups is 1. The van der Waals surface area contributed by atoms with Crippen LogP contribution in [0.4, 0.5) is 0 Å². The number of nitrogens with one attached hydrogen (secondary N) is 2. The molecule has 0 spiro atoms. The normalized spacial score (nSPS) is 14.8. The molecule has 1 atom stereocenters. The van der Waals surface area contributed by atoms with Gasteiger partial charge in [0.2, 0.25) is 0 Å². The van der Waals surface area contributed by atoms with E-state index in [2.05, 4.69) is 43.0 Å². The minimum absolute atomic E-state index is 0.400. The molecule has 0 aliphatic carbocycles. The molecule has 0 fully saturated rings. The summed E-state index contributed by atoms with van der Waals surface area (Å²) in [5.74, 6) is 0.674. The molecular weight excluding hydrogens is 370 g/mol. The fourth-order valence-electron chi connectivity index (χ4n) is 1.77. The highest BCUT2D eigenvalue weighted by molar-refractivity contribution is 9.11. The van der Waals surface area contributed by atoms with Gasteiger partial charge in [-0.1, -0.05) is 0 Å². The summed E-state index contributed by atoms with van der Waals surface area (Å²) in [5.41, 5.74) is 1.19. The lowest BCUT2D eigenvalue weighted by atomic mass is 9.99. The van der Waals surface area contributed by atoms with Gasteiger partial charge in [0.05, 0.1) is 10.3 Å². The van der Waals surface area contributed by atoms with Crippen LogP contribution in [0.2, 0.25) is 0 Å². The fourth-order valence-corrected chi connectivity index (χ4v) is 3.77. The van der Waals surface area contributed by atoms with E-state index in [0.717, 1.165) is 9.35 Å². The van der Waals surface area contributed by atoms with Gasteiger partial charge >= 0.3 is 0 Å². The number of hydrogen-bond donors (Lipinski definition) is 3. The first kappa shape index (κ1) is 16.5. The topological polar surface area (TPSA) is 56.7 Å². The van der Waals surface area contributed by atoms with Crippen molar-refractivity contribution in [1.82, 2.24) is 10.6 Å². The van der Waals surface area contributed by atoms with Crippen LogP contribution in [0.1, 0.15) is 18.1 Å². The Morgan fingerprint density at radius 3 is 2.81 bits per heavy atom. The summed E-state index contributed by atoms with van der Waals surface area (Å²) >= 11 is 6.68. The van der Waals surface area contributed by atoms with Crippen LogP contribution in [-0.4, -0.2) is 24.7 Å². The molecule has 0 aliphatic rings. The molecule has 0 aliphatic heterocycles. The number of guanidine groups is 1. The standard InChI is InChI=1S/C14H18BrN3OS2/c1-14(19,11-3-4-20-8-11)9-18-13(16-2)17-6-10-5-12(15)21-7-10/h3-5,7-8,19H,6,9H2,1-2H3,(H2,16,17,18). The Morgan fingerprint density at radius 1 is 1.43 bits per heavy atom. The Bertz CT molecular complexity index is 593. The van der Waals surface area contributed by atoms with Gasteiger partial charge in [0.1, 0.15) is 5.60 Å². The van der Waals surface area contributed by atoms with E-state index in [-0.39, 0.29) is 0 Å². The Hall–Kier alpha value is -0.890. The second kappa shape index (κ2) is 7.40. The number of nitrogens with zero attached hydrogens (tertiary/aromatic N) is 1. The summed E-state index contributed by atoms with van der Waals surface area (Å²) in [6, 6.07) is 4.01. The van der Waals surface area contributed by atoms with Crippen LogP contribution in [-0.2, 0) is 12.1 Å². The molecule has 1 unspecified atom stereocenters. The molecule has 3 N–H and O–H groups in total. The van der Waals surface area contributed by atoms with Crippen molar-refractivity contribution in [3.8, 4) is 0 Å². The molecule has 0 aromatic carbocycles. The maximum Gasteiger partial charge on any atom is 0.191 e. The number of aliphatic imine (C=N–C) groups is 1. The molecule has 0 saturated heterocycles. The second-order valence-electron chi connectivity index (χ2n) is 4.82. The molecule has 2 heterocycles. The third-order valence-corrected chi connectivity index (χ3v) is 5.28. The molecule has 0 saturated carbocycles. The molecular formula is C14H18BrN3OS2. The molecule has 114 valence electrons.